The second-order valence-electron chi connectivity index (χ2n) is 5.41. The summed E-state index contributed by atoms with van der Waals surface area (Å²) in [7, 11) is -3.12. The van der Waals surface area contributed by atoms with E-state index in [9.17, 15) is 8.42 Å². The molecule has 2 rings (SSSR count). The number of hydrogen-bond acceptors (Lipinski definition) is 4. The molecule has 18 heavy (non-hydrogen) atoms. The summed E-state index contributed by atoms with van der Waals surface area (Å²) >= 11 is 1.83. The maximum atomic E-state index is 12.3. The Balaban J connectivity index is 1.91. The van der Waals surface area contributed by atoms with Crippen molar-refractivity contribution < 1.29 is 8.42 Å². The topological polar surface area (TPSA) is 58.2 Å². The Labute approximate surface area is 115 Å². The zero-order valence-corrected chi connectivity index (χ0v) is 12.7. The molecule has 1 saturated heterocycles. The van der Waals surface area contributed by atoms with E-state index in [-0.39, 0.29) is 10.00 Å². The van der Waals surface area contributed by atoms with Crippen LogP contribution in [0.25, 0.3) is 0 Å². The standard InChI is InChI=1S/C12H24N2O2S2/c1-17-12(6-2-3-7-12)10-14-18(15,16)11-4-8-13-9-5-11/h11,13-14H,2-10H2,1H3. The summed E-state index contributed by atoms with van der Waals surface area (Å²) in [6.07, 6.45) is 8.32. The van der Waals surface area contributed by atoms with E-state index < -0.39 is 10.0 Å². The van der Waals surface area contributed by atoms with Crippen molar-refractivity contribution >= 4 is 21.8 Å². The molecule has 6 heteroatoms. The fraction of sp³-hybridized carbons (Fsp3) is 1.00. The average Bonchev–Trinajstić information content (AvgIpc) is 2.87. The highest BCUT2D eigenvalue weighted by molar-refractivity contribution is 8.00. The second-order valence-corrected chi connectivity index (χ2v) is 8.73. The van der Waals surface area contributed by atoms with Gasteiger partial charge in [-0.3, -0.25) is 0 Å². The molecule has 106 valence electrons. The van der Waals surface area contributed by atoms with Gasteiger partial charge in [-0.05, 0) is 45.0 Å². The lowest BCUT2D eigenvalue weighted by molar-refractivity contribution is 0.483. The van der Waals surface area contributed by atoms with Crippen LogP contribution in [0.3, 0.4) is 0 Å². The van der Waals surface area contributed by atoms with E-state index in [1.54, 1.807) is 0 Å². The Morgan fingerprint density at radius 2 is 1.89 bits per heavy atom. The molecule has 0 radical (unpaired) electrons. The normalized spacial score (nSPS) is 25.4. The number of rotatable bonds is 5. The van der Waals surface area contributed by atoms with Crippen LogP contribution in [0.5, 0.6) is 0 Å². The molecule has 0 aromatic rings. The van der Waals surface area contributed by atoms with E-state index in [2.05, 4.69) is 16.3 Å². The summed E-state index contributed by atoms with van der Waals surface area (Å²) in [5.41, 5.74) is 0. The first-order chi connectivity index (χ1) is 8.58. The van der Waals surface area contributed by atoms with Crippen molar-refractivity contribution in [2.75, 3.05) is 25.9 Å². The van der Waals surface area contributed by atoms with Crippen LogP contribution in [0.4, 0.5) is 0 Å². The summed E-state index contributed by atoms with van der Waals surface area (Å²) in [6, 6.07) is 0. The zero-order chi connectivity index (χ0) is 13.1. The SMILES string of the molecule is CSC1(CNS(=O)(=O)C2CCNCC2)CCCC1. The van der Waals surface area contributed by atoms with Gasteiger partial charge < -0.3 is 5.32 Å². The predicted molar refractivity (Wildman–Crippen MR) is 77.5 cm³/mol. The number of piperidine rings is 1. The first kappa shape index (κ1) is 14.6. The van der Waals surface area contributed by atoms with E-state index in [1.807, 2.05) is 11.8 Å². The van der Waals surface area contributed by atoms with Crippen molar-refractivity contribution in [1.29, 1.82) is 0 Å². The largest absolute Gasteiger partial charge is 0.317 e. The monoisotopic (exact) mass is 292 g/mol. The van der Waals surface area contributed by atoms with Gasteiger partial charge >= 0.3 is 0 Å². The first-order valence-electron chi connectivity index (χ1n) is 6.82. The predicted octanol–water partition coefficient (Wildman–Crippen LogP) is 1.33. The summed E-state index contributed by atoms with van der Waals surface area (Å²) < 4.78 is 27.5. The van der Waals surface area contributed by atoms with Crippen LogP contribution in [0.1, 0.15) is 38.5 Å². The van der Waals surface area contributed by atoms with Gasteiger partial charge in [0.25, 0.3) is 0 Å². The first-order valence-corrected chi connectivity index (χ1v) is 9.59. The summed E-state index contributed by atoms with van der Waals surface area (Å²) in [4.78, 5) is 0. The Morgan fingerprint density at radius 3 is 2.44 bits per heavy atom. The van der Waals surface area contributed by atoms with Crippen LogP contribution < -0.4 is 10.0 Å². The number of nitrogens with one attached hydrogen (secondary N) is 2. The molecule has 0 bridgehead atoms. The fourth-order valence-corrected chi connectivity index (χ4v) is 5.50. The van der Waals surface area contributed by atoms with E-state index in [0.717, 1.165) is 38.8 Å². The quantitative estimate of drug-likeness (QED) is 0.803. The van der Waals surface area contributed by atoms with Gasteiger partial charge in [0.2, 0.25) is 10.0 Å². The minimum atomic E-state index is -3.12. The molecule has 1 aliphatic carbocycles. The van der Waals surface area contributed by atoms with Crippen LogP contribution >= 0.6 is 11.8 Å². The van der Waals surface area contributed by atoms with Gasteiger partial charge in [0.15, 0.2) is 0 Å². The maximum absolute atomic E-state index is 12.3. The smallest absolute Gasteiger partial charge is 0.214 e. The molecule has 1 aliphatic heterocycles. The molecule has 2 aliphatic rings. The molecule has 0 unspecified atom stereocenters. The van der Waals surface area contributed by atoms with E-state index in [1.165, 1.54) is 12.8 Å². The molecule has 2 N–H and O–H groups in total. The van der Waals surface area contributed by atoms with Crippen molar-refractivity contribution in [3.8, 4) is 0 Å². The van der Waals surface area contributed by atoms with Gasteiger partial charge in [0.05, 0.1) is 5.25 Å². The van der Waals surface area contributed by atoms with Crippen LogP contribution in [0.15, 0.2) is 0 Å². The Hall–Kier alpha value is 0.220. The van der Waals surface area contributed by atoms with Gasteiger partial charge in [-0.2, -0.15) is 11.8 Å². The van der Waals surface area contributed by atoms with Crippen molar-refractivity contribution in [2.24, 2.45) is 0 Å². The summed E-state index contributed by atoms with van der Waals surface area (Å²) in [5, 5.41) is 3.01. The summed E-state index contributed by atoms with van der Waals surface area (Å²) in [5.74, 6) is 0. The fourth-order valence-electron chi connectivity index (χ4n) is 2.93. The molecule has 1 saturated carbocycles. The van der Waals surface area contributed by atoms with Crippen LogP contribution in [0.2, 0.25) is 0 Å². The molecule has 2 fully saturated rings. The average molecular weight is 292 g/mol. The van der Waals surface area contributed by atoms with Crippen molar-refractivity contribution in [3.05, 3.63) is 0 Å². The van der Waals surface area contributed by atoms with E-state index >= 15 is 0 Å². The van der Waals surface area contributed by atoms with Gasteiger partial charge in [-0.1, -0.05) is 12.8 Å². The third kappa shape index (κ3) is 3.40. The molecule has 1 heterocycles. The second kappa shape index (κ2) is 6.11. The van der Waals surface area contributed by atoms with Gasteiger partial charge in [0, 0.05) is 11.3 Å². The molecule has 0 amide bonds. The molecule has 4 nitrogen and oxygen atoms in total. The molecule has 0 spiro atoms. The Bertz CT molecular complexity index is 358. The Kier molecular flexibility index (Phi) is 4.97. The lowest BCUT2D eigenvalue weighted by atomic mass is 10.1. The molecule has 0 aromatic carbocycles. The van der Waals surface area contributed by atoms with E-state index in [0.29, 0.717) is 6.54 Å². The highest BCUT2D eigenvalue weighted by Gasteiger charge is 2.35. The molecule has 0 atom stereocenters. The number of thioether (sulfide) groups is 1. The van der Waals surface area contributed by atoms with Crippen molar-refractivity contribution in [2.45, 2.75) is 48.5 Å². The molecule has 0 aromatic heterocycles. The van der Waals surface area contributed by atoms with Gasteiger partial charge in [-0.15, -0.1) is 0 Å². The molecular weight excluding hydrogens is 268 g/mol. The third-order valence-electron chi connectivity index (χ3n) is 4.27. The highest BCUT2D eigenvalue weighted by Crippen LogP contribution is 2.39. The number of sulfonamides is 1. The number of hydrogen-bond donors (Lipinski definition) is 2. The summed E-state index contributed by atoms with van der Waals surface area (Å²) in [6.45, 7) is 2.25. The van der Waals surface area contributed by atoms with Gasteiger partial charge in [-0.25, -0.2) is 13.1 Å². The maximum Gasteiger partial charge on any atom is 0.214 e. The minimum Gasteiger partial charge on any atom is -0.317 e. The third-order valence-corrected chi connectivity index (χ3v) is 7.58. The van der Waals surface area contributed by atoms with Crippen LogP contribution in [0, 0.1) is 0 Å². The van der Waals surface area contributed by atoms with Crippen molar-refractivity contribution in [1.82, 2.24) is 10.0 Å². The van der Waals surface area contributed by atoms with Gasteiger partial charge in [0.1, 0.15) is 0 Å². The van der Waals surface area contributed by atoms with Crippen LogP contribution in [-0.2, 0) is 10.0 Å². The lowest BCUT2D eigenvalue weighted by Gasteiger charge is -2.29. The van der Waals surface area contributed by atoms with Crippen molar-refractivity contribution in [3.63, 3.8) is 0 Å². The zero-order valence-electron chi connectivity index (χ0n) is 11.1. The molecular formula is C12H24N2O2S2. The minimum absolute atomic E-state index is 0.153. The Morgan fingerprint density at radius 1 is 1.28 bits per heavy atom. The highest BCUT2D eigenvalue weighted by atomic mass is 32.2. The lowest BCUT2D eigenvalue weighted by Crippen LogP contribution is -2.45. The van der Waals surface area contributed by atoms with E-state index in [4.69, 9.17) is 0 Å². The van der Waals surface area contributed by atoms with Crippen LogP contribution in [-0.4, -0.2) is 44.3 Å².